The van der Waals surface area contributed by atoms with Crippen molar-refractivity contribution in [2.45, 2.75) is 19.5 Å². The fourth-order valence-electron chi connectivity index (χ4n) is 1.42. The van der Waals surface area contributed by atoms with Crippen molar-refractivity contribution in [3.8, 4) is 0 Å². The Kier molecular flexibility index (Phi) is 4.53. The maximum atomic E-state index is 5.66. The van der Waals surface area contributed by atoms with Crippen LogP contribution in [-0.2, 0) is 6.54 Å². The van der Waals surface area contributed by atoms with Crippen LogP contribution in [0.25, 0.3) is 6.08 Å². The average molecular weight is 204 g/mol. The van der Waals surface area contributed by atoms with Crippen molar-refractivity contribution < 1.29 is 0 Å². The van der Waals surface area contributed by atoms with Crippen molar-refractivity contribution in [3.63, 3.8) is 0 Å². The monoisotopic (exact) mass is 204 g/mol. The molecule has 2 N–H and O–H groups in total. The summed E-state index contributed by atoms with van der Waals surface area (Å²) in [5.74, 6) is 0. The van der Waals surface area contributed by atoms with Gasteiger partial charge in [0, 0.05) is 12.6 Å². The van der Waals surface area contributed by atoms with Crippen molar-refractivity contribution in [1.29, 1.82) is 0 Å². The summed E-state index contributed by atoms with van der Waals surface area (Å²) in [5.41, 5.74) is 8.20. The Morgan fingerprint density at radius 2 is 2.13 bits per heavy atom. The third-order valence-corrected chi connectivity index (χ3v) is 2.04. The Morgan fingerprint density at radius 1 is 1.40 bits per heavy atom. The summed E-state index contributed by atoms with van der Waals surface area (Å²) in [5, 5.41) is 0. The van der Waals surface area contributed by atoms with Gasteiger partial charge in [-0.3, -0.25) is 0 Å². The van der Waals surface area contributed by atoms with Crippen LogP contribution < -0.4 is 5.73 Å². The molecule has 15 heavy (non-hydrogen) atoms. The molecule has 0 aliphatic carbocycles. The van der Waals surface area contributed by atoms with Gasteiger partial charge in [-0.05, 0) is 32.1 Å². The molecule has 0 spiro atoms. The number of nitrogens with two attached hydrogens (primary N) is 1. The molecule has 0 aliphatic rings. The fourth-order valence-corrected chi connectivity index (χ4v) is 1.42. The third kappa shape index (κ3) is 4.77. The highest BCUT2D eigenvalue weighted by Gasteiger charge is 1.95. The smallest absolute Gasteiger partial charge is 0.0227 e. The first-order chi connectivity index (χ1) is 7.08. The maximum Gasteiger partial charge on any atom is 0.0227 e. The van der Waals surface area contributed by atoms with Crippen molar-refractivity contribution in [1.82, 2.24) is 4.90 Å². The van der Waals surface area contributed by atoms with Gasteiger partial charge in [0.1, 0.15) is 0 Å². The van der Waals surface area contributed by atoms with Gasteiger partial charge in [-0.1, -0.05) is 36.4 Å². The van der Waals surface area contributed by atoms with E-state index in [2.05, 4.69) is 49.3 Å². The van der Waals surface area contributed by atoms with Gasteiger partial charge in [0.2, 0.25) is 0 Å². The van der Waals surface area contributed by atoms with Gasteiger partial charge < -0.3 is 10.6 Å². The number of benzene rings is 1. The molecule has 1 aromatic rings. The molecule has 0 fully saturated rings. The van der Waals surface area contributed by atoms with E-state index in [1.54, 1.807) is 0 Å². The van der Waals surface area contributed by atoms with E-state index in [0.29, 0.717) is 0 Å². The molecule has 0 aromatic heterocycles. The molecule has 0 bridgehead atoms. The van der Waals surface area contributed by atoms with Crippen LogP contribution in [0.2, 0.25) is 0 Å². The molecule has 1 rings (SSSR count). The Labute approximate surface area is 92.4 Å². The molecule has 82 valence electrons. The minimum Gasteiger partial charge on any atom is -0.325 e. The van der Waals surface area contributed by atoms with E-state index in [4.69, 9.17) is 5.73 Å². The van der Waals surface area contributed by atoms with E-state index in [1.807, 2.05) is 13.0 Å². The van der Waals surface area contributed by atoms with Gasteiger partial charge in [0.15, 0.2) is 0 Å². The fraction of sp³-hybridized carbons (Fsp3) is 0.385. The lowest BCUT2D eigenvalue weighted by molar-refractivity contribution is 0.402. The van der Waals surface area contributed by atoms with Gasteiger partial charge in [0.05, 0.1) is 0 Å². The lowest BCUT2D eigenvalue weighted by atomic mass is 10.1. The molecule has 1 atom stereocenters. The molecule has 0 heterocycles. The van der Waals surface area contributed by atoms with Crippen molar-refractivity contribution in [2.75, 3.05) is 14.1 Å². The zero-order chi connectivity index (χ0) is 11.3. The number of nitrogens with zero attached hydrogens (tertiary/aromatic N) is 1. The second-order valence-electron chi connectivity index (χ2n) is 4.20. The molecule has 2 nitrogen and oxygen atoms in total. The largest absolute Gasteiger partial charge is 0.325 e. The van der Waals surface area contributed by atoms with E-state index in [0.717, 1.165) is 6.54 Å². The van der Waals surface area contributed by atoms with Crippen LogP contribution in [-0.4, -0.2) is 25.0 Å². The molecule has 0 saturated heterocycles. The molecule has 1 aromatic carbocycles. The second kappa shape index (κ2) is 5.69. The van der Waals surface area contributed by atoms with Gasteiger partial charge in [-0.2, -0.15) is 0 Å². The lowest BCUT2D eigenvalue weighted by Gasteiger charge is -2.09. The van der Waals surface area contributed by atoms with Crippen LogP contribution in [0.4, 0.5) is 0 Å². The molecular formula is C13H20N2. The summed E-state index contributed by atoms with van der Waals surface area (Å²) in [6.45, 7) is 2.94. The van der Waals surface area contributed by atoms with E-state index >= 15 is 0 Å². The maximum absolute atomic E-state index is 5.66. The SMILES string of the molecule is CC(N)/C=C/c1cccc(CN(C)C)c1. The number of hydrogen-bond acceptors (Lipinski definition) is 2. The average Bonchev–Trinajstić information content (AvgIpc) is 2.14. The first-order valence-corrected chi connectivity index (χ1v) is 5.25. The highest BCUT2D eigenvalue weighted by molar-refractivity contribution is 5.50. The van der Waals surface area contributed by atoms with Gasteiger partial charge in [-0.15, -0.1) is 0 Å². The molecular weight excluding hydrogens is 184 g/mol. The highest BCUT2D eigenvalue weighted by Crippen LogP contribution is 2.08. The summed E-state index contributed by atoms with van der Waals surface area (Å²) >= 11 is 0. The summed E-state index contributed by atoms with van der Waals surface area (Å²) in [7, 11) is 4.15. The molecule has 2 heteroatoms. The second-order valence-corrected chi connectivity index (χ2v) is 4.20. The predicted octanol–water partition coefficient (Wildman–Crippen LogP) is 2.11. The van der Waals surface area contributed by atoms with Crippen molar-refractivity contribution in [2.24, 2.45) is 5.73 Å². The van der Waals surface area contributed by atoms with Gasteiger partial charge in [0.25, 0.3) is 0 Å². The van der Waals surface area contributed by atoms with Gasteiger partial charge >= 0.3 is 0 Å². The zero-order valence-corrected chi connectivity index (χ0v) is 9.77. The normalized spacial score (nSPS) is 13.7. The van der Waals surface area contributed by atoms with E-state index in [1.165, 1.54) is 11.1 Å². The summed E-state index contributed by atoms with van der Waals surface area (Å²) in [6.07, 6.45) is 4.08. The minimum atomic E-state index is 0.113. The summed E-state index contributed by atoms with van der Waals surface area (Å²) < 4.78 is 0. The molecule has 1 unspecified atom stereocenters. The van der Waals surface area contributed by atoms with Crippen molar-refractivity contribution >= 4 is 6.08 Å². The van der Waals surface area contributed by atoms with Crippen molar-refractivity contribution in [3.05, 3.63) is 41.5 Å². The number of hydrogen-bond donors (Lipinski definition) is 1. The number of rotatable bonds is 4. The standard InChI is InChI=1S/C13H20N2/c1-11(14)7-8-12-5-4-6-13(9-12)10-15(2)3/h4-9,11H,10,14H2,1-3H3/b8-7+. The van der Waals surface area contributed by atoms with Crippen LogP contribution in [0.5, 0.6) is 0 Å². The van der Waals surface area contributed by atoms with E-state index in [-0.39, 0.29) is 6.04 Å². The van der Waals surface area contributed by atoms with Crippen LogP contribution in [0.1, 0.15) is 18.1 Å². The Bertz CT molecular complexity index is 327. The first kappa shape index (κ1) is 12.0. The molecule has 0 radical (unpaired) electrons. The van der Waals surface area contributed by atoms with Gasteiger partial charge in [-0.25, -0.2) is 0 Å². The van der Waals surface area contributed by atoms with E-state index in [9.17, 15) is 0 Å². The Hall–Kier alpha value is -1.12. The van der Waals surface area contributed by atoms with Crippen LogP contribution in [0.15, 0.2) is 30.3 Å². The summed E-state index contributed by atoms with van der Waals surface area (Å²) in [4.78, 5) is 2.16. The zero-order valence-electron chi connectivity index (χ0n) is 9.77. The van der Waals surface area contributed by atoms with E-state index < -0.39 is 0 Å². The summed E-state index contributed by atoms with van der Waals surface area (Å²) in [6, 6.07) is 8.63. The Balaban J connectivity index is 2.74. The van der Waals surface area contributed by atoms with Crippen LogP contribution in [0.3, 0.4) is 0 Å². The third-order valence-electron chi connectivity index (χ3n) is 2.04. The van der Waals surface area contributed by atoms with Crippen LogP contribution in [0, 0.1) is 0 Å². The highest BCUT2D eigenvalue weighted by atomic mass is 15.0. The lowest BCUT2D eigenvalue weighted by Crippen LogP contribution is -2.11. The quantitative estimate of drug-likeness (QED) is 0.814. The topological polar surface area (TPSA) is 29.3 Å². The first-order valence-electron chi connectivity index (χ1n) is 5.25. The van der Waals surface area contributed by atoms with Crippen LogP contribution >= 0.6 is 0 Å². The molecule has 0 saturated carbocycles. The molecule has 0 amide bonds. The Morgan fingerprint density at radius 3 is 2.73 bits per heavy atom. The minimum absolute atomic E-state index is 0.113. The molecule has 0 aliphatic heterocycles. The predicted molar refractivity (Wildman–Crippen MR) is 66.5 cm³/mol.